The molecule has 28 heavy (non-hydrogen) atoms. The van der Waals surface area contributed by atoms with Crippen molar-refractivity contribution >= 4 is 15.9 Å². The number of nitrogens with zero attached hydrogens (tertiary/aromatic N) is 2. The molecular weight excluding hydrogens is 380 g/mol. The standard InChI is InChI=1S/C20H30N2O5S/c1-15(2)17-4-5-18(26-3)19(14-17)28(24,25)22-8-6-16(7-9-22)20(23)21-10-12-27-13-11-21/h4-5,14-16H,6-13H2,1-3H3. The molecule has 2 aliphatic heterocycles. The summed E-state index contributed by atoms with van der Waals surface area (Å²) in [5.41, 5.74) is 0.955. The molecule has 0 N–H and O–H groups in total. The highest BCUT2D eigenvalue weighted by Crippen LogP contribution is 2.32. The lowest BCUT2D eigenvalue weighted by molar-refractivity contribution is -0.140. The molecule has 7 nitrogen and oxygen atoms in total. The van der Waals surface area contributed by atoms with E-state index >= 15 is 0 Å². The van der Waals surface area contributed by atoms with Crippen molar-refractivity contribution in [2.45, 2.75) is 37.5 Å². The smallest absolute Gasteiger partial charge is 0.246 e. The van der Waals surface area contributed by atoms with E-state index in [0.717, 1.165) is 5.56 Å². The van der Waals surface area contributed by atoms with Gasteiger partial charge in [0.2, 0.25) is 15.9 Å². The van der Waals surface area contributed by atoms with Crippen LogP contribution in [0.25, 0.3) is 0 Å². The lowest BCUT2D eigenvalue weighted by Crippen LogP contribution is -2.47. The molecule has 0 spiro atoms. The molecule has 1 aromatic carbocycles. The molecule has 0 radical (unpaired) electrons. The van der Waals surface area contributed by atoms with E-state index in [-0.39, 0.29) is 22.6 Å². The van der Waals surface area contributed by atoms with Gasteiger partial charge >= 0.3 is 0 Å². The Morgan fingerprint density at radius 3 is 2.36 bits per heavy atom. The molecule has 0 aromatic heterocycles. The zero-order chi connectivity index (χ0) is 20.3. The van der Waals surface area contributed by atoms with Gasteiger partial charge in [-0.15, -0.1) is 0 Å². The van der Waals surface area contributed by atoms with Gasteiger partial charge in [-0.2, -0.15) is 4.31 Å². The summed E-state index contributed by atoms with van der Waals surface area (Å²) in [4.78, 5) is 14.7. The molecule has 8 heteroatoms. The van der Waals surface area contributed by atoms with Crippen molar-refractivity contribution in [1.82, 2.24) is 9.21 Å². The second-order valence-electron chi connectivity index (χ2n) is 7.68. The van der Waals surface area contributed by atoms with Crippen LogP contribution < -0.4 is 4.74 Å². The third kappa shape index (κ3) is 4.34. The van der Waals surface area contributed by atoms with Gasteiger partial charge in [0.15, 0.2) is 0 Å². The number of rotatable bonds is 5. The predicted molar refractivity (Wildman–Crippen MR) is 106 cm³/mol. The number of sulfonamides is 1. The Morgan fingerprint density at radius 2 is 1.79 bits per heavy atom. The van der Waals surface area contributed by atoms with E-state index in [4.69, 9.17) is 9.47 Å². The van der Waals surface area contributed by atoms with E-state index in [1.165, 1.54) is 11.4 Å². The Morgan fingerprint density at radius 1 is 1.14 bits per heavy atom. The lowest BCUT2D eigenvalue weighted by atomic mass is 9.96. The van der Waals surface area contributed by atoms with Crippen LogP contribution in [0.1, 0.15) is 38.2 Å². The van der Waals surface area contributed by atoms with Crippen molar-refractivity contribution < 1.29 is 22.7 Å². The van der Waals surface area contributed by atoms with Crippen molar-refractivity contribution in [3.05, 3.63) is 23.8 Å². The second-order valence-corrected chi connectivity index (χ2v) is 9.59. The van der Waals surface area contributed by atoms with Crippen LogP contribution in [-0.2, 0) is 19.6 Å². The summed E-state index contributed by atoms with van der Waals surface area (Å²) < 4.78 is 38.6. The molecule has 2 fully saturated rings. The van der Waals surface area contributed by atoms with Crippen LogP contribution in [0.4, 0.5) is 0 Å². The van der Waals surface area contributed by atoms with Gasteiger partial charge in [-0.05, 0) is 36.5 Å². The van der Waals surface area contributed by atoms with Crippen LogP contribution in [0.3, 0.4) is 0 Å². The Kier molecular flexibility index (Phi) is 6.62. The number of morpholine rings is 1. The number of benzene rings is 1. The Hall–Kier alpha value is -1.64. The summed E-state index contributed by atoms with van der Waals surface area (Å²) in [6, 6.07) is 5.33. The molecule has 3 rings (SSSR count). The molecule has 2 heterocycles. The Labute approximate surface area is 167 Å². The maximum atomic E-state index is 13.3. The zero-order valence-corrected chi connectivity index (χ0v) is 17.7. The first-order valence-corrected chi connectivity index (χ1v) is 11.3. The number of ether oxygens (including phenoxy) is 2. The number of carbonyl (C=O) groups excluding carboxylic acids is 1. The minimum atomic E-state index is -3.67. The molecule has 2 saturated heterocycles. The van der Waals surface area contributed by atoms with Crippen LogP contribution in [0.2, 0.25) is 0 Å². The topological polar surface area (TPSA) is 76.2 Å². The Balaban J connectivity index is 1.72. The van der Waals surface area contributed by atoms with Gasteiger partial charge in [0.25, 0.3) is 0 Å². The third-order valence-corrected chi connectivity index (χ3v) is 7.52. The van der Waals surface area contributed by atoms with E-state index < -0.39 is 10.0 Å². The van der Waals surface area contributed by atoms with Gasteiger partial charge in [-0.3, -0.25) is 4.79 Å². The number of hydrogen-bond acceptors (Lipinski definition) is 5. The fourth-order valence-electron chi connectivity index (χ4n) is 3.78. The lowest BCUT2D eigenvalue weighted by Gasteiger charge is -2.35. The van der Waals surface area contributed by atoms with Gasteiger partial charge in [0.1, 0.15) is 10.6 Å². The average molecular weight is 411 g/mol. The van der Waals surface area contributed by atoms with Crippen LogP contribution in [0.5, 0.6) is 5.75 Å². The molecule has 156 valence electrons. The third-order valence-electron chi connectivity index (χ3n) is 5.60. The van der Waals surface area contributed by atoms with Crippen LogP contribution >= 0.6 is 0 Å². The SMILES string of the molecule is COc1ccc(C(C)C)cc1S(=O)(=O)N1CCC(C(=O)N2CCOCC2)CC1. The highest BCUT2D eigenvalue weighted by Gasteiger charge is 2.35. The monoisotopic (exact) mass is 410 g/mol. The summed E-state index contributed by atoms with van der Waals surface area (Å²) in [5.74, 6) is 0.584. The van der Waals surface area contributed by atoms with Gasteiger partial charge < -0.3 is 14.4 Å². The maximum absolute atomic E-state index is 13.3. The largest absolute Gasteiger partial charge is 0.495 e. The van der Waals surface area contributed by atoms with Gasteiger partial charge in [0.05, 0.1) is 20.3 Å². The van der Waals surface area contributed by atoms with Crippen molar-refractivity contribution in [2.24, 2.45) is 5.92 Å². The van der Waals surface area contributed by atoms with Crippen molar-refractivity contribution in [3.8, 4) is 5.75 Å². The van der Waals surface area contributed by atoms with Crippen LogP contribution in [0.15, 0.2) is 23.1 Å². The van der Waals surface area contributed by atoms with E-state index in [0.29, 0.717) is 58.0 Å². The van der Waals surface area contributed by atoms with Crippen molar-refractivity contribution in [1.29, 1.82) is 0 Å². The molecule has 2 aliphatic rings. The summed E-state index contributed by atoms with van der Waals surface area (Å²) in [5, 5.41) is 0. The molecule has 0 saturated carbocycles. The minimum absolute atomic E-state index is 0.117. The molecule has 0 atom stereocenters. The number of hydrogen-bond donors (Lipinski definition) is 0. The fraction of sp³-hybridized carbons (Fsp3) is 0.650. The summed E-state index contributed by atoms with van der Waals surface area (Å²) >= 11 is 0. The number of piperidine rings is 1. The summed E-state index contributed by atoms with van der Waals surface area (Å²) in [6.07, 6.45) is 1.09. The highest BCUT2D eigenvalue weighted by molar-refractivity contribution is 7.89. The summed E-state index contributed by atoms with van der Waals surface area (Å²) in [6.45, 7) is 7.14. The predicted octanol–water partition coefficient (Wildman–Crippen LogP) is 2.08. The number of amides is 1. The maximum Gasteiger partial charge on any atom is 0.246 e. The quantitative estimate of drug-likeness (QED) is 0.743. The van der Waals surface area contributed by atoms with E-state index in [1.807, 2.05) is 24.8 Å². The van der Waals surface area contributed by atoms with Crippen LogP contribution in [-0.4, -0.2) is 70.0 Å². The second kappa shape index (κ2) is 8.80. The molecule has 1 amide bonds. The van der Waals surface area contributed by atoms with E-state index in [2.05, 4.69) is 0 Å². The van der Waals surface area contributed by atoms with Gasteiger partial charge in [-0.25, -0.2) is 8.42 Å². The van der Waals surface area contributed by atoms with Crippen LogP contribution in [0, 0.1) is 5.92 Å². The Bertz CT molecular complexity index is 795. The van der Waals surface area contributed by atoms with Gasteiger partial charge in [0, 0.05) is 32.1 Å². The molecule has 1 aromatic rings. The summed E-state index contributed by atoms with van der Waals surface area (Å²) in [7, 11) is -2.19. The fourth-order valence-corrected chi connectivity index (χ4v) is 5.44. The first-order valence-electron chi connectivity index (χ1n) is 9.89. The normalized spacial score (nSPS) is 19.8. The highest BCUT2D eigenvalue weighted by atomic mass is 32.2. The van der Waals surface area contributed by atoms with Gasteiger partial charge in [-0.1, -0.05) is 19.9 Å². The van der Waals surface area contributed by atoms with Crippen molar-refractivity contribution in [2.75, 3.05) is 46.5 Å². The molecule has 0 unspecified atom stereocenters. The van der Waals surface area contributed by atoms with E-state index in [9.17, 15) is 13.2 Å². The molecule has 0 bridgehead atoms. The molecule has 0 aliphatic carbocycles. The number of carbonyl (C=O) groups is 1. The number of methoxy groups -OCH3 is 1. The first-order chi connectivity index (χ1) is 13.3. The van der Waals surface area contributed by atoms with E-state index in [1.54, 1.807) is 12.1 Å². The average Bonchev–Trinajstić information content (AvgIpc) is 2.73. The minimum Gasteiger partial charge on any atom is -0.495 e. The molecular formula is C20H30N2O5S. The first kappa shape index (κ1) is 21.1. The zero-order valence-electron chi connectivity index (χ0n) is 16.9. The van der Waals surface area contributed by atoms with Crippen molar-refractivity contribution in [3.63, 3.8) is 0 Å².